The molecule has 1 atom stereocenters. The molecule has 5 nitrogen and oxygen atoms in total. The van der Waals surface area contributed by atoms with E-state index in [0.717, 1.165) is 37.6 Å². The van der Waals surface area contributed by atoms with Gasteiger partial charge in [-0.15, -0.1) is 0 Å². The number of carbonyl (C=O) groups excluding carboxylic acids is 1. The van der Waals surface area contributed by atoms with E-state index in [1.54, 1.807) is 13.2 Å². The van der Waals surface area contributed by atoms with Gasteiger partial charge in [-0.25, -0.2) is 4.98 Å². The third-order valence-corrected chi connectivity index (χ3v) is 6.69. The molecule has 1 heterocycles. The average molecular weight is 584 g/mol. The summed E-state index contributed by atoms with van der Waals surface area (Å²) in [5.41, 5.74) is 5.18. The Kier molecular flexibility index (Phi) is 7.54. The molecular weight excluding hydrogens is 560 g/mol. The number of nitrogens with one attached hydrogen (secondary N) is 1. The largest absolute Gasteiger partial charge is 0.495 e. The first-order chi connectivity index (χ1) is 16.4. The molecular formula is C27H24Br2N2O3. The second-order valence-electron chi connectivity index (χ2n) is 7.97. The summed E-state index contributed by atoms with van der Waals surface area (Å²) < 4.78 is 13.0. The van der Waals surface area contributed by atoms with E-state index in [0.29, 0.717) is 23.2 Å². The summed E-state index contributed by atoms with van der Waals surface area (Å²) in [5.74, 6) is 1.45. The van der Waals surface area contributed by atoms with Crippen molar-refractivity contribution in [2.45, 2.75) is 26.2 Å². The van der Waals surface area contributed by atoms with Crippen LogP contribution in [0.2, 0.25) is 0 Å². The molecule has 7 heteroatoms. The molecule has 0 fully saturated rings. The monoisotopic (exact) mass is 582 g/mol. The number of halogens is 2. The molecule has 0 unspecified atom stereocenters. The molecule has 0 aliphatic heterocycles. The number of ether oxygens (including phenoxy) is 1. The second-order valence-corrected chi connectivity index (χ2v) is 9.74. The van der Waals surface area contributed by atoms with E-state index in [4.69, 9.17) is 9.15 Å². The number of hydrogen-bond donors (Lipinski definition) is 1. The molecule has 0 bridgehead atoms. The van der Waals surface area contributed by atoms with Gasteiger partial charge in [-0.1, -0.05) is 35.8 Å². The number of hydrogen-bond acceptors (Lipinski definition) is 4. The van der Waals surface area contributed by atoms with Crippen molar-refractivity contribution in [3.8, 4) is 17.2 Å². The number of methoxy groups -OCH3 is 1. The van der Waals surface area contributed by atoms with Gasteiger partial charge in [-0.05, 0) is 88.4 Å². The van der Waals surface area contributed by atoms with Gasteiger partial charge in [0.2, 0.25) is 11.8 Å². The highest BCUT2D eigenvalue weighted by atomic mass is 79.9. The molecule has 1 aromatic heterocycles. The summed E-state index contributed by atoms with van der Waals surface area (Å²) in [4.78, 5) is 17.1. The van der Waals surface area contributed by atoms with Crippen LogP contribution in [0.1, 0.15) is 37.3 Å². The summed E-state index contributed by atoms with van der Waals surface area (Å²) >= 11 is 6.92. The lowest BCUT2D eigenvalue weighted by atomic mass is 9.98. The number of rotatable bonds is 7. The third-order valence-electron chi connectivity index (χ3n) is 5.65. The number of nitrogens with zero attached hydrogens (tertiary/aromatic N) is 1. The van der Waals surface area contributed by atoms with E-state index in [-0.39, 0.29) is 5.91 Å². The molecule has 1 N–H and O–H groups in total. The van der Waals surface area contributed by atoms with Gasteiger partial charge in [0, 0.05) is 27.4 Å². The van der Waals surface area contributed by atoms with Crippen LogP contribution in [0.4, 0.5) is 5.69 Å². The molecule has 1 amide bonds. The van der Waals surface area contributed by atoms with Gasteiger partial charge in [0.1, 0.15) is 11.3 Å². The maximum Gasteiger partial charge on any atom is 0.248 e. The second kappa shape index (κ2) is 10.6. The lowest BCUT2D eigenvalue weighted by Gasteiger charge is -2.08. The van der Waals surface area contributed by atoms with E-state index >= 15 is 0 Å². The quantitative estimate of drug-likeness (QED) is 0.223. The Hall–Kier alpha value is -2.90. The Morgan fingerprint density at radius 1 is 1.15 bits per heavy atom. The zero-order valence-corrected chi connectivity index (χ0v) is 22.2. The van der Waals surface area contributed by atoms with Crippen LogP contribution in [0.3, 0.4) is 0 Å². The topological polar surface area (TPSA) is 64.4 Å². The molecule has 4 rings (SSSR count). The van der Waals surface area contributed by atoms with Crippen molar-refractivity contribution < 1.29 is 13.9 Å². The summed E-state index contributed by atoms with van der Waals surface area (Å²) in [7, 11) is 1.59. The Labute approximate surface area is 215 Å². The predicted molar refractivity (Wildman–Crippen MR) is 144 cm³/mol. The number of oxazole rings is 1. The predicted octanol–water partition coefficient (Wildman–Crippen LogP) is 8.19. The van der Waals surface area contributed by atoms with Crippen molar-refractivity contribution in [1.29, 1.82) is 0 Å². The Balaban J connectivity index is 1.47. The molecule has 0 saturated carbocycles. The van der Waals surface area contributed by atoms with Crippen molar-refractivity contribution in [1.82, 2.24) is 4.98 Å². The van der Waals surface area contributed by atoms with Crippen molar-refractivity contribution >= 4 is 60.6 Å². The Morgan fingerprint density at radius 2 is 1.91 bits per heavy atom. The summed E-state index contributed by atoms with van der Waals surface area (Å²) in [6.07, 6.45) is 4.26. The zero-order valence-electron chi connectivity index (χ0n) is 19.1. The van der Waals surface area contributed by atoms with Gasteiger partial charge in [-0.2, -0.15) is 0 Å². The lowest BCUT2D eigenvalue weighted by molar-refractivity contribution is -0.111. The van der Waals surface area contributed by atoms with Crippen LogP contribution in [-0.4, -0.2) is 18.0 Å². The van der Waals surface area contributed by atoms with E-state index < -0.39 is 0 Å². The minimum atomic E-state index is -0.245. The van der Waals surface area contributed by atoms with Crippen LogP contribution in [0, 0.1) is 0 Å². The van der Waals surface area contributed by atoms with Gasteiger partial charge >= 0.3 is 0 Å². The third kappa shape index (κ3) is 5.42. The summed E-state index contributed by atoms with van der Waals surface area (Å²) in [6.45, 7) is 4.38. The fourth-order valence-electron chi connectivity index (χ4n) is 3.58. The zero-order chi connectivity index (χ0) is 24.2. The minimum absolute atomic E-state index is 0.245. The van der Waals surface area contributed by atoms with E-state index in [9.17, 15) is 4.79 Å². The van der Waals surface area contributed by atoms with E-state index in [2.05, 4.69) is 68.1 Å². The molecule has 0 radical (unpaired) electrons. The van der Waals surface area contributed by atoms with Crippen LogP contribution >= 0.6 is 31.9 Å². The number of amides is 1. The fraction of sp³-hybridized carbons (Fsp3) is 0.185. The minimum Gasteiger partial charge on any atom is -0.495 e. The Bertz CT molecular complexity index is 1360. The normalized spacial score (nSPS) is 12.3. The highest BCUT2D eigenvalue weighted by Crippen LogP contribution is 2.33. The summed E-state index contributed by atoms with van der Waals surface area (Å²) in [6, 6.07) is 17.4. The maximum absolute atomic E-state index is 12.4. The molecule has 0 saturated heterocycles. The van der Waals surface area contributed by atoms with Crippen LogP contribution in [0.15, 0.2) is 74.0 Å². The number of carbonyl (C=O) groups is 1. The number of aromatic nitrogens is 1. The number of benzene rings is 3. The SMILES string of the molecule is CC[C@@H](C)c1ccc2oc(-c3ccc(NC(=O)/C=C/c4cc(Br)cc(Br)c4OC)cc3)nc2c1. The van der Waals surface area contributed by atoms with Gasteiger partial charge in [0.15, 0.2) is 5.58 Å². The smallest absolute Gasteiger partial charge is 0.248 e. The first-order valence-corrected chi connectivity index (χ1v) is 12.5. The molecule has 3 aromatic carbocycles. The van der Waals surface area contributed by atoms with E-state index in [1.165, 1.54) is 11.6 Å². The highest BCUT2D eigenvalue weighted by molar-refractivity contribution is 9.11. The molecule has 4 aromatic rings. The highest BCUT2D eigenvalue weighted by Gasteiger charge is 2.12. The van der Waals surface area contributed by atoms with Gasteiger partial charge < -0.3 is 14.5 Å². The van der Waals surface area contributed by atoms with Crippen LogP contribution in [-0.2, 0) is 4.79 Å². The number of anilines is 1. The molecule has 0 spiro atoms. The van der Waals surface area contributed by atoms with Gasteiger partial charge in [-0.3, -0.25) is 4.79 Å². The van der Waals surface area contributed by atoms with Gasteiger partial charge in [0.25, 0.3) is 0 Å². The molecule has 34 heavy (non-hydrogen) atoms. The average Bonchev–Trinajstić information content (AvgIpc) is 3.26. The van der Waals surface area contributed by atoms with Crippen molar-refractivity contribution in [2.75, 3.05) is 12.4 Å². The molecule has 174 valence electrons. The Morgan fingerprint density at radius 3 is 2.62 bits per heavy atom. The van der Waals surface area contributed by atoms with Crippen molar-refractivity contribution in [3.05, 3.63) is 80.7 Å². The van der Waals surface area contributed by atoms with Gasteiger partial charge in [0.05, 0.1) is 11.6 Å². The van der Waals surface area contributed by atoms with E-state index in [1.807, 2.05) is 42.5 Å². The first kappa shape index (κ1) is 24.2. The van der Waals surface area contributed by atoms with Crippen molar-refractivity contribution in [3.63, 3.8) is 0 Å². The molecule has 0 aliphatic rings. The standard InChI is InChI=1S/C27H24Br2N2O3/c1-4-16(2)18-7-11-24-23(14-18)31-27(34-24)17-5-9-21(10-6-17)30-25(32)12-8-19-13-20(28)15-22(29)26(19)33-3/h5-16H,4H2,1-3H3,(H,30,32)/b12-8+/t16-/m1/s1. The molecule has 0 aliphatic carbocycles. The number of fused-ring (bicyclic) bond motifs is 1. The van der Waals surface area contributed by atoms with Crippen molar-refractivity contribution in [2.24, 2.45) is 0 Å². The van der Waals surface area contributed by atoms with Crippen LogP contribution in [0.5, 0.6) is 5.75 Å². The first-order valence-electron chi connectivity index (χ1n) is 10.9. The fourth-order valence-corrected chi connectivity index (χ4v) is 5.00. The van der Waals surface area contributed by atoms with Crippen LogP contribution in [0.25, 0.3) is 28.6 Å². The summed E-state index contributed by atoms with van der Waals surface area (Å²) in [5, 5.41) is 2.87. The van der Waals surface area contributed by atoms with Crippen LogP contribution < -0.4 is 10.1 Å². The maximum atomic E-state index is 12.4. The lowest BCUT2D eigenvalue weighted by Crippen LogP contribution is -2.07.